The molecule has 2 aromatic heterocycles. The van der Waals surface area contributed by atoms with Crippen LogP contribution in [0.4, 0.5) is 5.69 Å². The molecule has 2 heterocycles. The van der Waals surface area contributed by atoms with E-state index >= 15 is 0 Å². The van der Waals surface area contributed by atoms with Crippen molar-refractivity contribution in [3.05, 3.63) is 217 Å². The van der Waals surface area contributed by atoms with Crippen molar-refractivity contribution in [3.63, 3.8) is 0 Å². The average molecular weight is 777 g/mol. The van der Waals surface area contributed by atoms with Crippen LogP contribution in [0.5, 0.6) is 0 Å². The number of anilines is 1. The molecule has 0 radical (unpaired) electrons. The SMILES string of the molecule is CC1C=C(Nc2ccc(-c3ccc4c(c3)c3cc5sc6ccccc6c5cc3n4-c3ccc(C4(C)C=CC=CC4)cc3)cc2-c2ccccc2)C=CC1c1ccccc1. The summed E-state index contributed by atoms with van der Waals surface area (Å²) >= 11 is 1.88. The van der Waals surface area contributed by atoms with Gasteiger partial charge in [0.15, 0.2) is 0 Å². The number of hydrogen-bond acceptors (Lipinski definition) is 2. The highest BCUT2D eigenvalue weighted by Gasteiger charge is 2.24. The van der Waals surface area contributed by atoms with Gasteiger partial charge in [-0.15, -0.1) is 11.3 Å². The summed E-state index contributed by atoms with van der Waals surface area (Å²) < 4.78 is 5.12. The maximum absolute atomic E-state index is 3.82. The van der Waals surface area contributed by atoms with Gasteiger partial charge in [0, 0.05) is 64.9 Å². The molecule has 0 amide bonds. The lowest BCUT2D eigenvalue weighted by molar-refractivity contribution is 0.600. The number of thiophene rings is 1. The van der Waals surface area contributed by atoms with E-state index < -0.39 is 0 Å². The van der Waals surface area contributed by atoms with Gasteiger partial charge in [-0.1, -0.05) is 153 Å². The van der Waals surface area contributed by atoms with Crippen LogP contribution in [0.15, 0.2) is 206 Å². The number of nitrogens with one attached hydrogen (secondary N) is 1. The Morgan fingerprint density at radius 1 is 0.627 bits per heavy atom. The molecule has 0 saturated heterocycles. The lowest BCUT2D eigenvalue weighted by Crippen LogP contribution is -2.19. The van der Waals surface area contributed by atoms with E-state index in [0.717, 1.165) is 17.8 Å². The lowest BCUT2D eigenvalue weighted by Gasteiger charge is -2.27. The van der Waals surface area contributed by atoms with Crippen LogP contribution in [-0.2, 0) is 5.41 Å². The second-order valence-electron chi connectivity index (χ2n) is 16.5. The quantitative estimate of drug-likeness (QED) is 0.171. The molecule has 0 bridgehead atoms. The lowest BCUT2D eigenvalue weighted by atomic mass is 9.77. The number of aromatic nitrogens is 1. The van der Waals surface area contributed by atoms with E-state index in [9.17, 15) is 0 Å². The molecule has 0 saturated carbocycles. The van der Waals surface area contributed by atoms with Crippen LogP contribution < -0.4 is 5.32 Å². The van der Waals surface area contributed by atoms with Gasteiger partial charge in [0.05, 0.1) is 11.0 Å². The van der Waals surface area contributed by atoms with Crippen LogP contribution in [0.3, 0.4) is 0 Å². The summed E-state index contributed by atoms with van der Waals surface area (Å²) in [6.45, 7) is 4.64. The third kappa shape index (κ3) is 6.25. The fourth-order valence-electron chi connectivity index (χ4n) is 9.47. The molecular weight excluding hydrogens is 733 g/mol. The van der Waals surface area contributed by atoms with E-state index in [1.54, 1.807) is 0 Å². The van der Waals surface area contributed by atoms with Crippen molar-refractivity contribution in [2.45, 2.75) is 31.6 Å². The number of nitrogens with zero attached hydrogens (tertiary/aromatic N) is 1. The molecule has 0 spiro atoms. The summed E-state index contributed by atoms with van der Waals surface area (Å²) in [5, 5.41) is 8.99. The van der Waals surface area contributed by atoms with Gasteiger partial charge in [0.25, 0.3) is 0 Å². The monoisotopic (exact) mass is 776 g/mol. The Kier molecular flexibility index (Phi) is 8.60. The molecule has 2 aliphatic carbocycles. The fraction of sp³-hybridized carbons (Fsp3) is 0.107. The molecule has 3 heteroatoms. The minimum absolute atomic E-state index is 0.00232. The Hall–Kier alpha value is -6.68. The molecular formula is C56H44N2S. The minimum Gasteiger partial charge on any atom is -0.355 e. The molecule has 3 atom stereocenters. The second kappa shape index (κ2) is 14.3. The standard InChI is InChI=1S/C56H44N2S/c1-37-32-43(24-27-45(37)38-14-6-3-7-15-38)57-51-28-20-40(33-47(51)39-16-8-4-9-17-39)41-21-29-52-48(34-41)49-36-55-50(46-18-10-11-19-54(46)59-55)35-53(49)58(52)44-25-22-42(23-26-44)56(2)30-12-5-13-31-56/h3-30,32-37,45,57H,31H2,1-2H3. The number of rotatable bonds is 7. The van der Waals surface area contributed by atoms with Crippen molar-refractivity contribution < 1.29 is 0 Å². The zero-order chi connectivity index (χ0) is 39.5. The van der Waals surface area contributed by atoms with Crippen LogP contribution in [0.25, 0.3) is 69.9 Å². The second-order valence-corrected chi connectivity index (χ2v) is 17.6. The van der Waals surface area contributed by atoms with Gasteiger partial charge >= 0.3 is 0 Å². The molecule has 7 aromatic carbocycles. The first-order valence-electron chi connectivity index (χ1n) is 20.8. The van der Waals surface area contributed by atoms with Gasteiger partial charge in [-0.25, -0.2) is 0 Å². The Bertz CT molecular complexity index is 3180. The first kappa shape index (κ1) is 35.5. The Morgan fingerprint density at radius 3 is 2.17 bits per heavy atom. The van der Waals surface area contributed by atoms with E-state index in [2.05, 4.69) is 224 Å². The van der Waals surface area contributed by atoms with Crippen molar-refractivity contribution >= 4 is 59.0 Å². The van der Waals surface area contributed by atoms with E-state index in [1.807, 2.05) is 11.3 Å². The van der Waals surface area contributed by atoms with Crippen LogP contribution >= 0.6 is 11.3 Å². The van der Waals surface area contributed by atoms with Crippen molar-refractivity contribution in [1.82, 2.24) is 4.57 Å². The predicted octanol–water partition coefficient (Wildman–Crippen LogP) is 15.5. The molecule has 284 valence electrons. The molecule has 2 nitrogen and oxygen atoms in total. The van der Waals surface area contributed by atoms with Crippen LogP contribution in [0.2, 0.25) is 0 Å². The molecule has 1 N–H and O–H groups in total. The highest BCUT2D eigenvalue weighted by Crippen LogP contribution is 2.43. The number of benzene rings is 7. The van der Waals surface area contributed by atoms with Crippen molar-refractivity contribution in [2.24, 2.45) is 5.92 Å². The van der Waals surface area contributed by atoms with Crippen molar-refractivity contribution in [2.75, 3.05) is 5.32 Å². The van der Waals surface area contributed by atoms with E-state index in [-0.39, 0.29) is 5.41 Å². The average Bonchev–Trinajstić information content (AvgIpc) is 3.81. The van der Waals surface area contributed by atoms with Crippen LogP contribution in [-0.4, -0.2) is 4.57 Å². The minimum atomic E-state index is 0.00232. The van der Waals surface area contributed by atoms with Crippen molar-refractivity contribution in [3.8, 4) is 27.9 Å². The number of hydrogen-bond donors (Lipinski definition) is 1. The highest BCUT2D eigenvalue weighted by atomic mass is 32.1. The topological polar surface area (TPSA) is 17.0 Å². The summed E-state index contributed by atoms with van der Waals surface area (Å²) in [6, 6.07) is 58.5. The largest absolute Gasteiger partial charge is 0.355 e. The highest BCUT2D eigenvalue weighted by molar-refractivity contribution is 7.25. The Morgan fingerprint density at radius 2 is 1.37 bits per heavy atom. The van der Waals surface area contributed by atoms with Crippen LogP contribution in [0, 0.1) is 5.92 Å². The van der Waals surface area contributed by atoms with E-state index in [0.29, 0.717) is 11.8 Å². The normalized spacial score (nSPS) is 18.9. The van der Waals surface area contributed by atoms with Gasteiger partial charge in [-0.3, -0.25) is 0 Å². The summed E-state index contributed by atoms with van der Waals surface area (Å²) in [5.41, 5.74) is 13.3. The van der Waals surface area contributed by atoms with E-state index in [4.69, 9.17) is 0 Å². The van der Waals surface area contributed by atoms with Gasteiger partial charge in [-0.05, 0) is 101 Å². The fourth-order valence-corrected chi connectivity index (χ4v) is 10.6. The predicted molar refractivity (Wildman–Crippen MR) is 254 cm³/mol. The molecule has 9 aromatic rings. The molecule has 11 rings (SSSR count). The third-order valence-electron chi connectivity index (χ3n) is 12.7. The maximum atomic E-state index is 3.82. The Labute approximate surface area is 349 Å². The zero-order valence-electron chi connectivity index (χ0n) is 33.3. The molecule has 59 heavy (non-hydrogen) atoms. The van der Waals surface area contributed by atoms with Gasteiger partial charge in [0.1, 0.15) is 0 Å². The molecule has 2 aliphatic rings. The molecule has 0 aliphatic heterocycles. The van der Waals surface area contributed by atoms with Crippen molar-refractivity contribution in [1.29, 1.82) is 0 Å². The molecule has 0 fully saturated rings. The summed E-state index contributed by atoms with van der Waals surface area (Å²) in [5.74, 6) is 0.743. The van der Waals surface area contributed by atoms with Gasteiger partial charge < -0.3 is 9.88 Å². The first-order valence-corrected chi connectivity index (χ1v) is 21.6. The number of fused-ring (bicyclic) bond motifs is 6. The smallest absolute Gasteiger partial charge is 0.0548 e. The van der Waals surface area contributed by atoms with Gasteiger partial charge in [0.2, 0.25) is 0 Å². The zero-order valence-corrected chi connectivity index (χ0v) is 34.1. The third-order valence-corrected chi connectivity index (χ3v) is 13.8. The van der Waals surface area contributed by atoms with E-state index in [1.165, 1.54) is 81.0 Å². The summed E-state index contributed by atoms with van der Waals surface area (Å²) in [6.07, 6.45) is 16.9. The maximum Gasteiger partial charge on any atom is 0.0548 e. The summed E-state index contributed by atoms with van der Waals surface area (Å²) in [7, 11) is 0. The van der Waals surface area contributed by atoms with Crippen LogP contribution in [0.1, 0.15) is 37.3 Å². The number of allylic oxidation sites excluding steroid dienone is 7. The first-order chi connectivity index (χ1) is 29.0. The summed E-state index contributed by atoms with van der Waals surface area (Å²) in [4.78, 5) is 0. The van der Waals surface area contributed by atoms with Gasteiger partial charge in [-0.2, -0.15) is 0 Å². The molecule has 3 unspecified atom stereocenters. The Balaban J connectivity index is 1.02.